The van der Waals surface area contributed by atoms with Crippen LogP contribution in [0.1, 0.15) is 41.0 Å². The minimum Gasteiger partial charge on any atom is -0.383 e. The molecule has 0 radical (unpaired) electrons. The van der Waals surface area contributed by atoms with Gasteiger partial charge in [0.1, 0.15) is 17.7 Å². The first-order valence-corrected chi connectivity index (χ1v) is 12.9. The maximum Gasteiger partial charge on any atom is 0.264 e. The van der Waals surface area contributed by atoms with E-state index in [0.717, 1.165) is 0 Å². The van der Waals surface area contributed by atoms with Gasteiger partial charge in [-0.25, -0.2) is 9.97 Å². The standard InChI is InChI=1S/C31H27N7O3/c1-3-25(39)33-15-8-7-10-21-11-9-12-22-18-24(38(31(41)26(21)22)23-13-5-4-6-14-23)20(2)36-30(40)27-28(32)35-19-37-17-16-34-29(27)37/h3-6,9,11-14,16-20H,1,8,15,32H2,2H3,(H,33,39)(H,36,40)/t20-/m0/s1. The predicted octanol–water partition coefficient (Wildman–Crippen LogP) is 3.15. The van der Waals surface area contributed by atoms with Crippen molar-refractivity contribution < 1.29 is 9.59 Å². The summed E-state index contributed by atoms with van der Waals surface area (Å²) in [6.45, 7) is 5.59. The molecular formula is C31H27N7O3. The second kappa shape index (κ2) is 11.6. The molecule has 0 saturated heterocycles. The molecule has 0 fully saturated rings. The summed E-state index contributed by atoms with van der Waals surface area (Å²) in [4.78, 5) is 47.3. The fourth-order valence-corrected chi connectivity index (χ4v) is 4.59. The monoisotopic (exact) mass is 545 g/mol. The normalized spacial score (nSPS) is 11.4. The van der Waals surface area contributed by atoms with E-state index in [2.05, 4.69) is 39.0 Å². The Balaban J connectivity index is 1.56. The van der Waals surface area contributed by atoms with Crippen LogP contribution in [0.15, 0.2) is 90.8 Å². The Morgan fingerprint density at radius 2 is 1.95 bits per heavy atom. The summed E-state index contributed by atoms with van der Waals surface area (Å²) in [6.07, 6.45) is 6.34. The largest absolute Gasteiger partial charge is 0.383 e. The second-order valence-electron chi connectivity index (χ2n) is 9.22. The minimum atomic E-state index is -0.599. The molecule has 2 aromatic carbocycles. The van der Waals surface area contributed by atoms with Crippen LogP contribution < -0.4 is 21.9 Å². The highest BCUT2D eigenvalue weighted by molar-refractivity contribution is 6.04. The van der Waals surface area contributed by atoms with E-state index in [0.29, 0.717) is 46.3 Å². The van der Waals surface area contributed by atoms with Gasteiger partial charge in [0.05, 0.1) is 11.4 Å². The third-order valence-electron chi connectivity index (χ3n) is 6.54. The van der Waals surface area contributed by atoms with Crippen LogP contribution in [0.4, 0.5) is 5.82 Å². The molecule has 3 heterocycles. The molecule has 5 rings (SSSR count). The smallest absolute Gasteiger partial charge is 0.264 e. The number of hydrogen-bond acceptors (Lipinski definition) is 6. The van der Waals surface area contributed by atoms with Crippen molar-refractivity contribution in [2.24, 2.45) is 0 Å². The maximum absolute atomic E-state index is 14.1. The zero-order chi connectivity index (χ0) is 28.9. The molecule has 0 aliphatic carbocycles. The van der Waals surface area contributed by atoms with Crippen molar-refractivity contribution in [3.05, 3.63) is 113 Å². The molecule has 0 unspecified atom stereocenters. The number of amides is 2. The summed E-state index contributed by atoms with van der Waals surface area (Å²) in [7, 11) is 0. The summed E-state index contributed by atoms with van der Waals surface area (Å²) in [5, 5.41) is 6.79. The number of benzene rings is 2. The lowest BCUT2D eigenvalue weighted by Gasteiger charge is -2.21. The molecule has 0 spiro atoms. The first kappa shape index (κ1) is 26.9. The molecule has 0 saturated carbocycles. The number of carbonyl (C=O) groups excluding carboxylic acids is 2. The lowest BCUT2D eigenvalue weighted by Crippen LogP contribution is -2.33. The van der Waals surface area contributed by atoms with Crippen LogP contribution in [0.5, 0.6) is 0 Å². The molecule has 2 amide bonds. The van der Waals surface area contributed by atoms with Crippen molar-refractivity contribution in [3.63, 3.8) is 0 Å². The number of fused-ring (bicyclic) bond motifs is 2. The van der Waals surface area contributed by atoms with E-state index >= 15 is 0 Å². The molecule has 0 aliphatic rings. The van der Waals surface area contributed by atoms with Crippen molar-refractivity contribution in [1.29, 1.82) is 0 Å². The molecule has 0 bridgehead atoms. The number of nitrogens with one attached hydrogen (secondary N) is 2. The molecular weight excluding hydrogens is 518 g/mol. The molecule has 0 aliphatic heterocycles. The SMILES string of the molecule is C=CC(=O)NCCC#Cc1cccc2cc([C@H](C)NC(=O)c3c(N)ncn4ccnc34)n(-c3ccccc3)c(=O)c12. The minimum absolute atomic E-state index is 0.0552. The van der Waals surface area contributed by atoms with Crippen LogP contribution in [-0.4, -0.2) is 37.3 Å². The first-order valence-electron chi connectivity index (χ1n) is 12.9. The fourth-order valence-electron chi connectivity index (χ4n) is 4.59. The number of pyridine rings is 1. The van der Waals surface area contributed by atoms with Gasteiger partial charge in [-0.2, -0.15) is 0 Å². The van der Waals surface area contributed by atoms with Crippen molar-refractivity contribution in [1.82, 2.24) is 29.6 Å². The van der Waals surface area contributed by atoms with Crippen molar-refractivity contribution >= 4 is 34.1 Å². The van der Waals surface area contributed by atoms with Crippen LogP contribution in [0.3, 0.4) is 0 Å². The zero-order valence-corrected chi connectivity index (χ0v) is 22.3. The number of imidazole rings is 1. The molecule has 1 atom stereocenters. The quantitative estimate of drug-likeness (QED) is 0.163. The molecule has 3 aromatic heterocycles. The van der Waals surface area contributed by atoms with E-state index in [1.54, 1.807) is 34.4 Å². The number of hydrogen-bond donors (Lipinski definition) is 3. The van der Waals surface area contributed by atoms with Crippen molar-refractivity contribution in [3.8, 4) is 17.5 Å². The summed E-state index contributed by atoms with van der Waals surface area (Å²) >= 11 is 0. The van der Waals surface area contributed by atoms with E-state index < -0.39 is 11.9 Å². The second-order valence-corrected chi connectivity index (χ2v) is 9.22. The highest BCUT2D eigenvalue weighted by atomic mass is 16.2. The lowest BCUT2D eigenvalue weighted by molar-refractivity contribution is -0.116. The van der Waals surface area contributed by atoms with Crippen LogP contribution in [-0.2, 0) is 4.79 Å². The van der Waals surface area contributed by atoms with Gasteiger partial charge in [-0.1, -0.05) is 48.8 Å². The summed E-state index contributed by atoms with van der Waals surface area (Å²) < 4.78 is 3.20. The van der Waals surface area contributed by atoms with E-state index in [1.807, 2.05) is 48.5 Å². The Morgan fingerprint density at radius 3 is 2.73 bits per heavy atom. The van der Waals surface area contributed by atoms with Gasteiger partial charge in [0.25, 0.3) is 11.5 Å². The van der Waals surface area contributed by atoms with E-state index in [1.165, 1.54) is 12.4 Å². The van der Waals surface area contributed by atoms with Gasteiger partial charge in [0, 0.05) is 42.3 Å². The highest BCUT2D eigenvalue weighted by Gasteiger charge is 2.23. The van der Waals surface area contributed by atoms with Gasteiger partial charge in [0.2, 0.25) is 5.91 Å². The van der Waals surface area contributed by atoms with Crippen LogP contribution in [0.25, 0.3) is 22.1 Å². The number of anilines is 1. The number of aromatic nitrogens is 4. The summed E-state index contributed by atoms with van der Waals surface area (Å²) in [6, 6.07) is 15.9. The number of nitrogens with zero attached hydrogens (tertiary/aromatic N) is 4. The lowest BCUT2D eigenvalue weighted by atomic mass is 10.0. The van der Waals surface area contributed by atoms with Gasteiger partial charge in [0.15, 0.2) is 5.65 Å². The van der Waals surface area contributed by atoms with Crippen molar-refractivity contribution in [2.45, 2.75) is 19.4 Å². The zero-order valence-electron chi connectivity index (χ0n) is 22.3. The third kappa shape index (κ3) is 5.42. The molecule has 10 nitrogen and oxygen atoms in total. The van der Waals surface area contributed by atoms with E-state index in [-0.39, 0.29) is 22.8 Å². The topological polar surface area (TPSA) is 136 Å². The van der Waals surface area contributed by atoms with Gasteiger partial charge in [-0.05, 0) is 42.7 Å². The van der Waals surface area contributed by atoms with Gasteiger partial charge in [-0.3, -0.25) is 23.4 Å². The fraction of sp³-hybridized carbons (Fsp3) is 0.129. The van der Waals surface area contributed by atoms with Crippen LogP contribution in [0, 0.1) is 11.8 Å². The Kier molecular flexibility index (Phi) is 7.60. The van der Waals surface area contributed by atoms with Gasteiger partial charge >= 0.3 is 0 Å². The number of para-hydroxylation sites is 1. The number of carbonyl (C=O) groups is 2. The number of rotatable bonds is 7. The van der Waals surface area contributed by atoms with Crippen molar-refractivity contribution in [2.75, 3.05) is 12.3 Å². The maximum atomic E-state index is 14.1. The average Bonchev–Trinajstić information content (AvgIpc) is 3.45. The van der Waals surface area contributed by atoms with E-state index in [4.69, 9.17) is 5.73 Å². The highest BCUT2D eigenvalue weighted by Crippen LogP contribution is 2.24. The molecule has 41 heavy (non-hydrogen) atoms. The molecule has 10 heteroatoms. The van der Waals surface area contributed by atoms with E-state index in [9.17, 15) is 14.4 Å². The predicted molar refractivity (Wildman–Crippen MR) is 158 cm³/mol. The Bertz CT molecular complexity index is 1910. The molecule has 4 N–H and O–H groups in total. The molecule has 5 aromatic rings. The van der Waals surface area contributed by atoms with Crippen LogP contribution >= 0.6 is 0 Å². The molecule has 204 valence electrons. The Morgan fingerprint density at radius 1 is 1.15 bits per heavy atom. The first-order chi connectivity index (χ1) is 19.9. The van der Waals surface area contributed by atoms with Gasteiger partial charge in [-0.15, -0.1) is 0 Å². The number of nitrogen functional groups attached to an aromatic ring is 1. The third-order valence-corrected chi connectivity index (χ3v) is 6.54. The van der Waals surface area contributed by atoms with Crippen LogP contribution in [0.2, 0.25) is 0 Å². The summed E-state index contributed by atoms with van der Waals surface area (Å²) in [5.41, 5.74) is 8.10. The van der Waals surface area contributed by atoms with Gasteiger partial charge < -0.3 is 16.4 Å². The Hall–Kier alpha value is -5.69. The Labute approximate surface area is 235 Å². The number of nitrogens with two attached hydrogens (primary N) is 1. The average molecular weight is 546 g/mol. The summed E-state index contributed by atoms with van der Waals surface area (Å²) in [5.74, 6) is 5.44.